The molecule has 3 aromatic carbocycles. The van der Waals surface area contributed by atoms with Gasteiger partial charge in [0.1, 0.15) is 17.2 Å². The van der Waals surface area contributed by atoms with Crippen LogP contribution in [0.3, 0.4) is 0 Å². The monoisotopic (exact) mass is 440 g/mol. The van der Waals surface area contributed by atoms with Crippen LogP contribution in [0.2, 0.25) is 5.02 Å². The maximum Gasteiger partial charge on any atom is 0.262 e. The second-order valence-corrected chi connectivity index (χ2v) is 7.02. The van der Waals surface area contributed by atoms with E-state index in [0.717, 1.165) is 17.0 Å². The van der Waals surface area contributed by atoms with Crippen molar-refractivity contribution in [3.63, 3.8) is 0 Å². The van der Waals surface area contributed by atoms with E-state index in [-0.39, 0.29) is 12.5 Å². The summed E-state index contributed by atoms with van der Waals surface area (Å²) in [5, 5.41) is 6.54. The zero-order valence-corrected chi connectivity index (χ0v) is 18.2. The summed E-state index contributed by atoms with van der Waals surface area (Å²) in [5.74, 6) is 1.56. The van der Waals surface area contributed by atoms with Crippen LogP contribution in [0.15, 0.2) is 66.7 Å². The third-order valence-electron chi connectivity index (χ3n) is 4.40. The molecule has 0 atom stereocenters. The van der Waals surface area contributed by atoms with E-state index in [1.807, 2.05) is 55.5 Å². The lowest BCUT2D eigenvalue weighted by Gasteiger charge is -2.12. The zero-order chi connectivity index (χ0) is 22.1. The van der Waals surface area contributed by atoms with E-state index in [1.54, 1.807) is 25.3 Å². The van der Waals surface area contributed by atoms with Crippen molar-refractivity contribution in [1.29, 1.82) is 0 Å². The average Bonchev–Trinajstić information content (AvgIpc) is 2.78. The molecule has 0 fully saturated rings. The maximum absolute atomic E-state index is 12.2. The van der Waals surface area contributed by atoms with Crippen molar-refractivity contribution in [3.05, 3.63) is 77.3 Å². The van der Waals surface area contributed by atoms with Crippen LogP contribution in [0, 0.1) is 0 Å². The maximum atomic E-state index is 12.2. The Morgan fingerprint density at radius 1 is 0.968 bits per heavy atom. The summed E-state index contributed by atoms with van der Waals surface area (Å²) < 4.78 is 16.2. The van der Waals surface area contributed by atoms with E-state index >= 15 is 0 Å². The Bertz CT molecular complexity index is 1010. The minimum absolute atomic E-state index is 0.165. The van der Waals surface area contributed by atoms with Gasteiger partial charge in [-0.15, -0.1) is 0 Å². The highest BCUT2D eigenvalue weighted by molar-refractivity contribution is 6.32. The summed E-state index contributed by atoms with van der Waals surface area (Å²) in [6, 6.07) is 20.4. The van der Waals surface area contributed by atoms with Gasteiger partial charge in [-0.1, -0.05) is 29.8 Å². The first-order valence-corrected chi connectivity index (χ1v) is 10.3. The van der Waals surface area contributed by atoms with Gasteiger partial charge in [-0.25, -0.2) is 0 Å². The molecule has 162 valence electrons. The highest BCUT2D eigenvalue weighted by atomic mass is 35.5. The molecule has 31 heavy (non-hydrogen) atoms. The first kappa shape index (κ1) is 22.3. The number of nitrogens with one attached hydrogen (secondary N) is 2. The van der Waals surface area contributed by atoms with Crippen LogP contribution in [-0.4, -0.2) is 26.2 Å². The Kier molecular flexibility index (Phi) is 8.01. The van der Waals surface area contributed by atoms with Gasteiger partial charge in [0.15, 0.2) is 6.61 Å². The molecule has 0 heterocycles. The molecule has 0 unspecified atom stereocenters. The van der Waals surface area contributed by atoms with Gasteiger partial charge in [-0.05, 0) is 61.0 Å². The Morgan fingerprint density at radius 3 is 2.45 bits per heavy atom. The molecule has 6 nitrogen and oxygen atoms in total. The summed E-state index contributed by atoms with van der Waals surface area (Å²) in [4.78, 5) is 12.2. The molecule has 7 heteroatoms. The van der Waals surface area contributed by atoms with Gasteiger partial charge in [0.05, 0.1) is 24.4 Å². The van der Waals surface area contributed by atoms with Gasteiger partial charge < -0.3 is 24.8 Å². The average molecular weight is 441 g/mol. The van der Waals surface area contributed by atoms with Crippen molar-refractivity contribution in [2.24, 2.45) is 0 Å². The third kappa shape index (κ3) is 6.55. The molecule has 0 aliphatic carbocycles. The van der Waals surface area contributed by atoms with Crippen LogP contribution >= 0.6 is 11.6 Å². The Morgan fingerprint density at radius 2 is 1.74 bits per heavy atom. The van der Waals surface area contributed by atoms with Gasteiger partial charge in [0, 0.05) is 12.2 Å². The van der Waals surface area contributed by atoms with Crippen LogP contribution in [0.5, 0.6) is 17.2 Å². The smallest absolute Gasteiger partial charge is 0.262 e. The number of carbonyl (C=O) groups excluding carboxylic acids is 1. The van der Waals surface area contributed by atoms with Crippen molar-refractivity contribution >= 4 is 28.9 Å². The van der Waals surface area contributed by atoms with Crippen molar-refractivity contribution in [2.45, 2.75) is 13.5 Å². The summed E-state index contributed by atoms with van der Waals surface area (Å²) >= 11 is 6.34. The standard InChI is InChI=1S/C24H25ClN2O4/c1-3-30-19-11-9-18(10-12-19)26-15-17-8-13-22(20(25)14-17)31-16-24(28)27-21-6-4-5-7-23(21)29-2/h4-14,26H,3,15-16H2,1-2H3,(H,27,28). The van der Waals surface area contributed by atoms with Crippen molar-refractivity contribution in [2.75, 3.05) is 31.0 Å². The quantitative estimate of drug-likeness (QED) is 0.443. The molecule has 0 bridgehead atoms. The lowest BCUT2D eigenvalue weighted by Crippen LogP contribution is -2.20. The van der Waals surface area contributed by atoms with E-state index in [1.165, 1.54) is 0 Å². The van der Waals surface area contributed by atoms with Crippen LogP contribution in [-0.2, 0) is 11.3 Å². The van der Waals surface area contributed by atoms with Crippen LogP contribution < -0.4 is 24.8 Å². The number of rotatable bonds is 10. The fraction of sp³-hybridized carbons (Fsp3) is 0.208. The minimum atomic E-state index is -0.304. The largest absolute Gasteiger partial charge is 0.495 e. The summed E-state index contributed by atoms with van der Waals surface area (Å²) in [5.41, 5.74) is 2.55. The molecule has 2 N–H and O–H groups in total. The van der Waals surface area contributed by atoms with E-state index in [4.69, 9.17) is 25.8 Å². The van der Waals surface area contributed by atoms with E-state index in [2.05, 4.69) is 10.6 Å². The fourth-order valence-corrected chi connectivity index (χ4v) is 3.15. The van der Waals surface area contributed by atoms with Gasteiger partial charge in [-0.2, -0.15) is 0 Å². The highest BCUT2D eigenvalue weighted by Crippen LogP contribution is 2.27. The molecule has 1 amide bonds. The number of benzene rings is 3. The molecule has 0 aliphatic rings. The molecule has 0 saturated heterocycles. The van der Waals surface area contributed by atoms with Crippen molar-refractivity contribution < 1.29 is 19.0 Å². The van der Waals surface area contributed by atoms with Crippen molar-refractivity contribution in [1.82, 2.24) is 0 Å². The Labute approximate surface area is 187 Å². The highest BCUT2D eigenvalue weighted by Gasteiger charge is 2.10. The Balaban J connectivity index is 1.51. The van der Waals surface area contributed by atoms with Gasteiger partial charge in [0.25, 0.3) is 5.91 Å². The Hall–Kier alpha value is -3.38. The topological polar surface area (TPSA) is 68.8 Å². The second-order valence-electron chi connectivity index (χ2n) is 6.61. The zero-order valence-electron chi connectivity index (χ0n) is 17.5. The fourth-order valence-electron chi connectivity index (χ4n) is 2.89. The molecule has 3 aromatic rings. The first-order valence-electron chi connectivity index (χ1n) is 9.90. The first-order chi connectivity index (χ1) is 15.1. The van der Waals surface area contributed by atoms with E-state index < -0.39 is 0 Å². The number of methoxy groups -OCH3 is 1. The van der Waals surface area contributed by atoms with Gasteiger partial charge in [0.2, 0.25) is 0 Å². The van der Waals surface area contributed by atoms with Gasteiger partial charge >= 0.3 is 0 Å². The number of anilines is 2. The molecule has 0 aromatic heterocycles. The number of hydrogen-bond acceptors (Lipinski definition) is 5. The normalized spacial score (nSPS) is 10.3. The molecular weight excluding hydrogens is 416 g/mol. The predicted molar refractivity (Wildman–Crippen MR) is 124 cm³/mol. The van der Waals surface area contributed by atoms with E-state index in [9.17, 15) is 4.79 Å². The van der Waals surface area contributed by atoms with E-state index in [0.29, 0.717) is 35.4 Å². The van der Waals surface area contributed by atoms with Gasteiger partial charge in [-0.3, -0.25) is 4.79 Å². The summed E-state index contributed by atoms with van der Waals surface area (Å²) in [6.07, 6.45) is 0. The number of amides is 1. The van der Waals surface area contributed by atoms with Crippen molar-refractivity contribution in [3.8, 4) is 17.2 Å². The third-order valence-corrected chi connectivity index (χ3v) is 4.69. The number of hydrogen-bond donors (Lipinski definition) is 2. The molecule has 3 rings (SSSR count). The number of ether oxygens (including phenoxy) is 3. The number of halogens is 1. The van der Waals surface area contributed by atoms with Crippen LogP contribution in [0.1, 0.15) is 12.5 Å². The molecule has 0 radical (unpaired) electrons. The number of para-hydroxylation sites is 2. The minimum Gasteiger partial charge on any atom is -0.495 e. The molecule has 0 spiro atoms. The van der Waals surface area contributed by atoms with Crippen LogP contribution in [0.25, 0.3) is 0 Å². The molecular formula is C24H25ClN2O4. The predicted octanol–water partition coefficient (Wildman–Crippen LogP) is 5.38. The lowest BCUT2D eigenvalue weighted by molar-refractivity contribution is -0.118. The SMILES string of the molecule is CCOc1ccc(NCc2ccc(OCC(=O)Nc3ccccc3OC)c(Cl)c2)cc1. The second kappa shape index (κ2) is 11.1. The van der Waals surface area contributed by atoms with Crippen LogP contribution in [0.4, 0.5) is 11.4 Å². The molecule has 0 saturated carbocycles. The lowest BCUT2D eigenvalue weighted by atomic mass is 10.2. The summed E-state index contributed by atoms with van der Waals surface area (Å²) in [6.45, 7) is 3.03. The molecule has 0 aliphatic heterocycles. The number of carbonyl (C=O) groups is 1. The summed E-state index contributed by atoms with van der Waals surface area (Å²) in [7, 11) is 1.55.